The van der Waals surface area contributed by atoms with Gasteiger partial charge in [0.1, 0.15) is 0 Å². The zero-order valence-electron chi connectivity index (χ0n) is 12.9. The van der Waals surface area contributed by atoms with E-state index < -0.39 is 11.8 Å². The summed E-state index contributed by atoms with van der Waals surface area (Å²) >= 11 is 0. The molecule has 0 unspecified atom stereocenters. The van der Waals surface area contributed by atoms with Crippen LogP contribution in [0, 0.1) is 11.8 Å². The van der Waals surface area contributed by atoms with Gasteiger partial charge < -0.3 is 9.47 Å². The second kappa shape index (κ2) is 6.08. The molecule has 4 atom stereocenters. The number of ether oxygens (including phenoxy) is 2. The zero-order valence-corrected chi connectivity index (χ0v) is 12.9. The maximum absolute atomic E-state index is 12.4. The van der Waals surface area contributed by atoms with Crippen molar-refractivity contribution in [3.05, 3.63) is 35.9 Å². The highest BCUT2D eigenvalue weighted by Gasteiger charge is 2.57. The second-order valence-electron chi connectivity index (χ2n) is 5.90. The lowest BCUT2D eigenvalue weighted by atomic mass is 9.83. The van der Waals surface area contributed by atoms with Crippen molar-refractivity contribution in [1.82, 2.24) is 4.90 Å². The van der Waals surface area contributed by atoms with Crippen LogP contribution in [0.15, 0.2) is 30.3 Å². The van der Waals surface area contributed by atoms with Crippen molar-refractivity contribution in [3.8, 4) is 0 Å². The molecule has 0 bridgehead atoms. The van der Waals surface area contributed by atoms with E-state index in [1.54, 1.807) is 0 Å². The smallest absolute Gasteiger partial charge is 0.311 e. The van der Waals surface area contributed by atoms with Crippen LogP contribution >= 0.6 is 0 Å². The van der Waals surface area contributed by atoms with Gasteiger partial charge in [-0.25, -0.2) is 0 Å². The van der Waals surface area contributed by atoms with Crippen LogP contribution < -0.4 is 0 Å². The van der Waals surface area contributed by atoms with Gasteiger partial charge in [0.05, 0.1) is 26.1 Å². The van der Waals surface area contributed by atoms with Gasteiger partial charge in [-0.1, -0.05) is 30.3 Å². The van der Waals surface area contributed by atoms with E-state index in [2.05, 4.69) is 4.90 Å². The number of rotatable bonds is 3. The van der Waals surface area contributed by atoms with E-state index in [4.69, 9.17) is 9.47 Å². The first-order chi connectivity index (χ1) is 10.7. The van der Waals surface area contributed by atoms with E-state index in [1.807, 2.05) is 30.3 Å². The first kappa shape index (κ1) is 15.0. The van der Waals surface area contributed by atoms with Gasteiger partial charge in [-0.15, -0.1) is 0 Å². The first-order valence-electron chi connectivity index (χ1n) is 7.65. The standard InChI is InChI=1S/C17H21NO4/c1-21-16(19)13-12-9-6-10-18(12)15(14(13)17(20)22-2)11-7-4-3-5-8-11/h3-5,7-8,12-15H,6,9-10H2,1-2H3/t12-,13-,14-,15-/m1/s1. The highest BCUT2D eigenvalue weighted by molar-refractivity contribution is 5.84. The summed E-state index contributed by atoms with van der Waals surface area (Å²) in [5, 5.41) is 0. The van der Waals surface area contributed by atoms with Crippen LogP contribution in [-0.4, -0.2) is 43.6 Å². The van der Waals surface area contributed by atoms with Gasteiger partial charge in [0.15, 0.2) is 0 Å². The summed E-state index contributed by atoms with van der Waals surface area (Å²) < 4.78 is 9.98. The molecule has 2 aliphatic rings. The molecule has 5 nitrogen and oxygen atoms in total. The molecule has 0 spiro atoms. The molecule has 0 saturated carbocycles. The average molecular weight is 303 g/mol. The number of esters is 2. The Bertz CT molecular complexity index is 559. The van der Waals surface area contributed by atoms with Crippen molar-refractivity contribution in [2.75, 3.05) is 20.8 Å². The van der Waals surface area contributed by atoms with Crippen LogP contribution in [0.4, 0.5) is 0 Å². The van der Waals surface area contributed by atoms with E-state index in [1.165, 1.54) is 14.2 Å². The predicted octanol–water partition coefficient (Wildman–Crippen LogP) is 1.78. The fraction of sp³-hybridized carbons (Fsp3) is 0.529. The Kier molecular flexibility index (Phi) is 4.16. The Hall–Kier alpha value is -1.88. The molecule has 0 aromatic heterocycles. The topological polar surface area (TPSA) is 55.8 Å². The van der Waals surface area contributed by atoms with Crippen molar-refractivity contribution in [1.29, 1.82) is 0 Å². The fourth-order valence-electron chi connectivity index (χ4n) is 4.09. The molecule has 1 aromatic rings. The molecule has 2 saturated heterocycles. The van der Waals surface area contributed by atoms with Crippen molar-refractivity contribution >= 4 is 11.9 Å². The molecule has 5 heteroatoms. The Morgan fingerprint density at radius 3 is 2.32 bits per heavy atom. The molecular weight excluding hydrogens is 282 g/mol. The van der Waals surface area contributed by atoms with Gasteiger partial charge in [-0.2, -0.15) is 0 Å². The molecule has 0 radical (unpaired) electrons. The van der Waals surface area contributed by atoms with E-state index in [9.17, 15) is 9.59 Å². The zero-order chi connectivity index (χ0) is 15.7. The van der Waals surface area contributed by atoms with Crippen LogP contribution in [0.3, 0.4) is 0 Å². The Balaban J connectivity index is 2.05. The van der Waals surface area contributed by atoms with Crippen molar-refractivity contribution in [2.45, 2.75) is 24.9 Å². The van der Waals surface area contributed by atoms with E-state index in [-0.39, 0.29) is 24.0 Å². The largest absolute Gasteiger partial charge is 0.469 e. The van der Waals surface area contributed by atoms with Gasteiger partial charge in [-0.3, -0.25) is 14.5 Å². The minimum Gasteiger partial charge on any atom is -0.469 e. The number of hydrogen-bond acceptors (Lipinski definition) is 5. The van der Waals surface area contributed by atoms with Crippen molar-refractivity contribution < 1.29 is 19.1 Å². The van der Waals surface area contributed by atoms with Crippen molar-refractivity contribution in [2.24, 2.45) is 11.8 Å². The van der Waals surface area contributed by atoms with Gasteiger partial charge in [0.2, 0.25) is 0 Å². The highest BCUT2D eigenvalue weighted by atomic mass is 16.5. The maximum Gasteiger partial charge on any atom is 0.311 e. The number of fused-ring (bicyclic) bond motifs is 1. The number of benzene rings is 1. The highest BCUT2D eigenvalue weighted by Crippen LogP contribution is 2.49. The number of methoxy groups -OCH3 is 2. The van der Waals surface area contributed by atoms with Crippen LogP contribution in [0.5, 0.6) is 0 Å². The third-order valence-electron chi connectivity index (χ3n) is 4.93. The minimum absolute atomic E-state index is 0.0572. The summed E-state index contributed by atoms with van der Waals surface area (Å²) in [6.45, 7) is 0.894. The summed E-state index contributed by atoms with van der Waals surface area (Å²) in [6, 6.07) is 9.82. The van der Waals surface area contributed by atoms with Crippen LogP contribution in [0.2, 0.25) is 0 Å². The average Bonchev–Trinajstić information content (AvgIpc) is 3.13. The summed E-state index contributed by atoms with van der Waals surface area (Å²) in [7, 11) is 2.76. The lowest BCUT2D eigenvalue weighted by molar-refractivity contribution is -0.157. The monoisotopic (exact) mass is 303 g/mol. The van der Waals surface area contributed by atoms with Gasteiger partial charge >= 0.3 is 11.9 Å². The van der Waals surface area contributed by atoms with Gasteiger partial charge in [0, 0.05) is 12.1 Å². The lowest BCUT2D eigenvalue weighted by Gasteiger charge is -2.26. The molecule has 3 rings (SSSR count). The summed E-state index contributed by atoms with van der Waals surface area (Å²) in [5.74, 6) is -1.61. The first-order valence-corrected chi connectivity index (χ1v) is 7.65. The molecule has 2 fully saturated rings. The van der Waals surface area contributed by atoms with E-state index in [0.29, 0.717) is 0 Å². The second-order valence-corrected chi connectivity index (χ2v) is 5.90. The summed E-state index contributed by atoms with van der Waals surface area (Å²) in [6.07, 6.45) is 1.95. The van der Waals surface area contributed by atoms with Gasteiger partial charge in [0.25, 0.3) is 0 Å². The molecule has 0 amide bonds. The van der Waals surface area contributed by atoms with Crippen molar-refractivity contribution in [3.63, 3.8) is 0 Å². The third-order valence-corrected chi connectivity index (χ3v) is 4.93. The minimum atomic E-state index is -0.509. The Labute approximate surface area is 130 Å². The normalized spacial score (nSPS) is 30.8. The van der Waals surface area contributed by atoms with Gasteiger partial charge in [-0.05, 0) is 24.9 Å². The Morgan fingerprint density at radius 1 is 1.05 bits per heavy atom. The third kappa shape index (κ3) is 2.29. The number of carbonyl (C=O) groups excluding carboxylic acids is 2. The number of hydrogen-bond donors (Lipinski definition) is 0. The number of carbonyl (C=O) groups is 2. The number of nitrogens with zero attached hydrogens (tertiary/aromatic N) is 1. The quantitative estimate of drug-likeness (QED) is 0.797. The molecule has 1 aromatic carbocycles. The van der Waals surface area contributed by atoms with E-state index in [0.717, 1.165) is 24.9 Å². The molecule has 2 aliphatic heterocycles. The van der Waals surface area contributed by atoms with Crippen LogP contribution in [-0.2, 0) is 19.1 Å². The molecule has 2 heterocycles. The van der Waals surface area contributed by atoms with E-state index >= 15 is 0 Å². The fourth-order valence-corrected chi connectivity index (χ4v) is 4.09. The molecule has 22 heavy (non-hydrogen) atoms. The molecule has 118 valence electrons. The molecule has 0 N–H and O–H groups in total. The predicted molar refractivity (Wildman–Crippen MR) is 79.9 cm³/mol. The molecular formula is C17H21NO4. The summed E-state index contributed by atoms with van der Waals surface area (Å²) in [4.78, 5) is 27.0. The lowest BCUT2D eigenvalue weighted by Crippen LogP contribution is -2.35. The van der Waals surface area contributed by atoms with Crippen LogP contribution in [0.1, 0.15) is 24.4 Å². The SMILES string of the molecule is COC(=O)[C@@H]1[C@H](C(=O)OC)[C@H]2CCCN2[C@@H]1c1ccccc1. The molecule has 0 aliphatic carbocycles. The maximum atomic E-state index is 12.4. The van der Waals surface area contributed by atoms with Crippen LogP contribution in [0.25, 0.3) is 0 Å². The Morgan fingerprint density at radius 2 is 1.68 bits per heavy atom. The summed E-state index contributed by atoms with van der Waals surface area (Å²) in [5.41, 5.74) is 1.05.